The Bertz CT molecular complexity index is 577. The van der Waals surface area contributed by atoms with Crippen LogP contribution in [0, 0.1) is 6.92 Å². The van der Waals surface area contributed by atoms with Gasteiger partial charge in [0.2, 0.25) is 0 Å². The molecule has 0 amide bonds. The van der Waals surface area contributed by atoms with Gasteiger partial charge in [-0.15, -0.1) is 11.3 Å². The molecule has 2 rings (SSSR count). The lowest BCUT2D eigenvalue weighted by Gasteiger charge is -2.09. The van der Waals surface area contributed by atoms with Crippen LogP contribution < -0.4 is 4.74 Å². The maximum atomic E-state index is 11.0. The number of benzene rings is 1. The monoisotopic (exact) mass is 326 g/mol. The first-order chi connectivity index (χ1) is 8.58. The molecule has 0 unspecified atom stereocenters. The summed E-state index contributed by atoms with van der Waals surface area (Å²) in [6, 6.07) is 7.04. The van der Waals surface area contributed by atoms with Gasteiger partial charge in [0, 0.05) is 20.3 Å². The third kappa shape index (κ3) is 2.91. The van der Waals surface area contributed by atoms with Crippen LogP contribution >= 0.6 is 27.3 Å². The van der Waals surface area contributed by atoms with E-state index in [4.69, 9.17) is 9.84 Å². The fourth-order valence-electron chi connectivity index (χ4n) is 1.58. The summed E-state index contributed by atoms with van der Waals surface area (Å²) >= 11 is 4.98. The largest absolute Gasteiger partial charge is 0.488 e. The minimum absolute atomic E-state index is 0.278. The van der Waals surface area contributed by atoms with Crippen LogP contribution in [0.1, 0.15) is 20.8 Å². The fourth-order valence-corrected chi connectivity index (χ4v) is 2.94. The Morgan fingerprint density at radius 3 is 2.89 bits per heavy atom. The first-order valence-electron chi connectivity index (χ1n) is 5.26. The van der Waals surface area contributed by atoms with Crippen molar-refractivity contribution in [2.75, 3.05) is 0 Å². The molecule has 0 bridgehead atoms. The second-order valence-corrected chi connectivity index (χ2v) is 5.67. The lowest BCUT2D eigenvalue weighted by molar-refractivity contribution is 0.0695. The minimum Gasteiger partial charge on any atom is -0.488 e. The molecule has 0 saturated heterocycles. The van der Waals surface area contributed by atoms with Crippen molar-refractivity contribution in [1.29, 1.82) is 0 Å². The predicted octanol–water partition coefficient (Wildman–Crippen LogP) is 4.10. The lowest BCUT2D eigenvalue weighted by Crippen LogP contribution is -2.02. The van der Waals surface area contributed by atoms with Crippen LogP contribution in [0.15, 0.2) is 34.1 Å². The van der Waals surface area contributed by atoms with Crippen LogP contribution in [0.4, 0.5) is 0 Å². The van der Waals surface area contributed by atoms with E-state index in [1.807, 2.05) is 11.4 Å². The third-order valence-corrected chi connectivity index (χ3v) is 4.18. The van der Waals surface area contributed by atoms with Gasteiger partial charge in [-0.05, 0) is 41.1 Å². The normalized spacial score (nSPS) is 10.3. The highest BCUT2D eigenvalue weighted by molar-refractivity contribution is 9.10. The van der Waals surface area contributed by atoms with Crippen LogP contribution in [0.5, 0.6) is 5.75 Å². The van der Waals surface area contributed by atoms with E-state index >= 15 is 0 Å². The molecule has 3 nitrogen and oxygen atoms in total. The number of carbonyl (C=O) groups is 1. The molecule has 18 heavy (non-hydrogen) atoms. The maximum absolute atomic E-state index is 11.0. The molecule has 1 heterocycles. The van der Waals surface area contributed by atoms with Gasteiger partial charge in [0.05, 0.1) is 5.56 Å². The Morgan fingerprint density at radius 2 is 2.28 bits per heavy atom. The number of hydrogen-bond donors (Lipinski definition) is 1. The number of carboxylic acid groups (broad SMARTS) is 1. The molecule has 94 valence electrons. The molecule has 0 atom stereocenters. The van der Waals surface area contributed by atoms with Crippen LogP contribution in [0.3, 0.4) is 0 Å². The van der Waals surface area contributed by atoms with E-state index in [0.29, 0.717) is 17.9 Å². The first kappa shape index (κ1) is 13.1. The Balaban J connectivity index is 2.14. The zero-order valence-electron chi connectivity index (χ0n) is 9.64. The summed E-state index contributed by atoms with van der Waals surface area (Å²) in [5.74, 6) is -0.323. The predicted molar refractivity (Wildman–Crippen MR) is 74.5 cm³/mol. The standard InChI is InChI=1S/C13H11BrO3S/c1-8-11(13(15)16)3-2-4-12(8)17-6-10-5-9(14)7-18-10/h2-5,7H,6H2,1H3,(H,15,16). The third-order valence-electron chi connectivity index (χ3n) is 2.51. The van der Waals surface area contributed by atoms with Gasteiger partial charge in [-0.25, -0.2) is 4.79 Å². The molecule has 1 aromatic heterocycles. The topological polar surface area (TPSA) is 46.5 Å². The van der Waals surface area contributed by atoms with Crippen molar-refractivity contribution in [2.24, 2.45) is 0 Å². The van der Waals surface area contributed by atoms with Gasteiger partial charge in [-0.3, -0.25) is 0 Å². The Labute approximate surface area is 117 Å². The minimum atomic E-state index is -0.934. The molecule has 0 aliphatic carbocycles. The molecule has 2 aromatic rings. The summed E-state index contributed by atoms with van der Waals surface area (Å²) in [6.07, 6.45) is 0. The van der Waals surface area contributed by atoms with Crippen molar-refractivity contribution >= 4 is 33.2 Å². The molecule has 0 spiro atoms. The SMILES string of the molecule is Cc1c(OCc2cc(Br)cs2)cccc1C(=O)O. The lowest BCUT2D eigenvalue weighted by atomic mass is 10.1. The van der Waals surface area contributed by atoms with Crippen LogP contribution in [-0.4, -0.2) is 11.1 Å². The first-order valence-corrected chi connectivity index (χ1v) is 6.94. The van der Waals surface area contributed by atoms with Crippen molar-refractivity contribution in [2.45, 2.75) is 13.5 Å². The van der Waals surface area contributed by atoms with Gasteiger partial charge < -0.3 is 9.84 Å². The quantitative estimate of drug-likeness (QED) is 0.920. The summed E-state index contributed by atoms with van der Waals surface area (Å²) in [5, 5.41) is 11.0. The van der Waals surface area contributed by atoms with Gasteiger partial charge in [-0.2, -0.15) is 0 Å². The second kappa shape index (κ2) is 5.54. The Kier molecular flexibility index (Phi) is 4.04. The van der Waals surface area contributed by atoms with Crippen LogP contribution in [0.2, 0.25) is 0 Å². The summed E-state index contributed by atoms with van der Waals surface area (Å²) in [6.45, 7) is 2.20. The van der Waals surface area contributed by atoms with Crippen molar-refractivity contribution in [3.8, 4) is 5.75 Å². The number of carboxylic acids is 1. The molecule has 5 heteroatoms. The average molecular weight is 327 g/mol. The van der Waals surface area contributed by atoms with Gasteiger partial charge in [-0.1, -0.05) is 6.07 Å². The summed E-state index contributed by atoms with van der Waals surface area (Å²) in [5.41, 5.74) is 0.931. The van der Waals surface area contributed by atoms with Crippen molar-refractivity contribution < 1.29 is 14.6 Å². The molecular formula is C13H11BrO3S. The highest BCUT2D eigenvalue weighted by atomic mass is 79.9. The van der Waals surface area contributed by atoms with Crippen molar-refractivity contribution in [1.82, 2.24) is 0 Å². The average Bonchev–Trinajstić information content (AvgIpc) is 2.73. The highest BCUT2D eigenvalue weighted by Crippen LogP contribution is 2.25. The summed E-state index contributed by atoms with van der Waals surface area (Å²) in [7, 11) is 0. The molecule has 0 aliphatic rings. The van der Waals surface area contributed by atoms with Gasteiger partial charge in [0.25, 0.3) is 0 Å². The highest BCUT2D eigenvalue weighted by Gasteiger charge is 2.11. The van der Waals surface area contributed by atoms with E-state index in [1.165, 1.54) is 0 Å². The Morgan fingerprint density at radius 1 is 1.50 bits per heavy atom. The molecule has 1 N–H and O–H groups in total. The summed E-state index contributed by atoms with van der Waals surface area (Å²) in [4.78, 5) is 12.1. The van der Waals surface area contributed by atoms with E-state index in [1.54, 1.807) is 36.5 Å². The van der Waals surface area contributed by atoms with Gasteiger partial charge in [0.1, 0.15) is 12.4 Å². The van der Waals surface area contributed by atoms with Crippen molar-refractivity contribution in [3.63, 3.8) is 0 Å². The molecule has 0 saturated carbocycles. The van der Waals surface area contributed by atoms with E-state index < -0.39 is 5.97 Å². The number of aromatic carboxylic acids is 1. The number of halogens is 1. The fraction of sp³-hybridized carbons (Fsp3) is 0.154. The van der Waals surface area contributed by atoms with E-state index in [9.17, 15) is 4.79 Å². The van der Waals surface area contributed by atoms with Gasteiger partial charge in [0.15, 0.2) is 0 Å². The molecule has 0 aliphatic heterocycles. The van der Waals surface area contributed by atoms with Crippen LogP contribution in [-0.2, 0) is 6.61 Å². The van der Waals surface area contributed by atoms with E-state index in [-0.39, 0.29) is 5.56 Å². The maximum Gasteiger partial charge on any atom is 0.336 e. The van der Waals surface area contributed by atoms with Gasteiger partial charge >= 0.3 is 5.97 Å². The van der Waals surface area contributed by atoms with Crippen LogP contribution in [0.25, 0.3) is 0 Å². The Hall–Kier alpha value is -1.33. The van der Waals surface area contributed by atoms with E-state index in [2.05, 4.69) is 15.9 Å². The zero-order valence-corrected chi connectivity index (χ0v) is 12.0. The summed E-state index contributed by atoms with van der Waals surface area (Å²) < 4.78 is 6.68. The smallest absolute Gasteiger partial charge is 0.336 e. The molecule has 1 aromatic carbocycles. The molecular weight excluding hydrogens is 316 g/mol. The van der Waals surface area contributed by atoms with E-state index in [0.717, 1.165) is 9.35 Å². The number of hydrogen-bond acceptors (Lipinski definition) is 3. The molecule has 0 radical (unpaired) electrons. The molecule has 0 fully saturated rings. The second-order valence-electron chi connectivity index (χ2n) is 3.75. The number of rotatable bonds is 4. The number of thiophene rings is 1. The number of ether oxygens (including phenoxy) is 1. The van der Waals surface area contributed by atoms with Crippen molar-refractivity contribution in [3.05, 3.63) is 50.1 Å². The zero-order chi connectivity index (χ0) is 13.1.